The van der Waals surface area contributed by atoms with Gasteiger partial charge in [-0.3, -0.25) is 14.9 Å². The van der Waals surface area contributed by atoms with E-state index in [0.717, 1.165) is 11.1 Å². The molecule has 148 valence electrons. The monoisotopic (exact) mass is 410 g/mol. The van der Waals surface area contributed by atoms with E-state index in [4.69, 9.17) is 11.6 Å². The van der Waals surface area contributed by atoms with E-state index in [1.165, 1.54) is 23.8 Å². The first kappa shape index (κ1) is 20.5. The van der Waals surface area contributed by atoms with Gasteiger partial charge in [0.15, 0.2) is 6.54 Å². The number of carbonyl (C=O) groups excluding carboxylic acids is 1. The van der Waals surface area contributed by atoms with Gasteiger partial charge in [0.05, 0.1) is 15.6 Å². The first-order valence-electron chi connectivity index (χ1n) is 9.12. The maximum absolute atomic E-state index is 12.5. The molecule has 0 aliphatic carbocycles. The van der Waals surface area contributed by atoms with Crippen LogP contribution in [0, 0.1) is 17.0 Å². The summed E-state index contributed by atoms with van der Waals surface area (Å²) in [6, 6.07) is 22.1. The Morgan fingerprint density at radius 2 is 1.72 bits per heavy atom. The number of anilines is 1. The number of benzene rings is 3. The van der Waals surface area contributed by atoms with Crippen molar-refractivity contribution in [2.24, 2.45) is 0 Å². The molecule has 0 unspecified atom stereocenters. The van der Waals surface area contributed by atoms with Crippen LogP contribution in [0.5, 0.6) is 0 Å². The summed E-state index contributed by atoms with van der Waals surface area (Å²) in [5, 5.41) is 15.6. The molecule has 0 spiro atoms. The minimum absolute atomic E-state index is 0.0325. The Hall–Kier alpha value is -3.22. The van der Waals surface area contributed by atoms with E-state index in [1.54, 1.807) is 0 Å². The van der Waals surface area contributed by atoms with Crippen LogP contribution in [0.1, 0.15) is 22.7 Å². The Bertz CT molecular complexity index is 1010. The summed E-state index contributed by atoms with van der Waals surface area (Å²) in [6.45, 7) is 2.20. The van der Waals surface area contributed by atoms with Crippen LogP contribution in [0.15, 0.2) is 72.8 Å². The van der Waals surface area contributed by atoms with Crippen molar-refractivity contribution >= 4 is 28.9 Å². The number of amides is 1. The highest BCUT2D eigenvalue weighted by Crippen LogP contribution is 2.26. The second-order valence-corrected chi connectivity index (χ2v) is 7.12. The molecule has 3 aromatic carbocycles. The molecule has 0 radical (unpaired) electrons. The van der Waals surface area contributed by atoms with Gasteiger partial charge in [0.2, 0.25) is 0 Å². The van der Waals surface area contributed by atoms with Gasteiger partial charge < -0.3 is 10.6 Å². The quantitative estimate of drug-likeness (QED) is 0.458. The Morgan fingerprint density at radius 3 is 2.34 bits per heavy atom. The van der Waals surface area contributed by atoms with Crippen LogP contribution in [-0.2, 0) is 4.79 Å². The van der Waals surface area contributed by atoms with E-state index in [0.29, 0.717) is 5.69 Å². The van der Waals surface area contributed by atoms with E-state index in [1.807, 2.05) is 42.6 Å². The number of non-ortho nitro benzene ring substituents is 1. The maximum Gasteiger partial charge on any atom is 0.279 e. The molecule has 6 nitrogen and oxygen atoms in total. The highest BCUT2D eigenvalue weighted by molar-refractivity contribution is 6.33. The Labute approximate surface area is 173 Å². The zero-order valence-electron chi connectivity index (χ0n) is 15.8. The SMILES string of the molecule is Cc1ccc([C@@H]([NH2+]CC(=O)Nc2ccc([N+](=O)[O-])cc2Cl)c2ccccc2)cc1. The van der Waals surface area contributed by atoms with Crippen molar-refractivity contribution in [3.8, 4) is 0 Å². The zero-order valence-corrected chi connectivity index (χ0v) is 16.6. The first-order valence-corrected chi connectivity index (χ1v) is 9.50. The molecule has 0 saturated heterocycles. The number of rotatable bonds is 7. The number of hydrogen-bond donors (Lipinski definition) is 2. The van der Waals surface area contributed by atoms with Crippen molar-refractivity contribution in [3.05, 3.63) is 105 Å². The van der Waals surface area contributed by atoms with Crippen LogP contribution in [0.3, 0.4) is 0 Å². The molecule has 1 atom stereocenters. The molecule has 0 aliphatic heterocycles. The van der Waals surface area contributed by atoms with Gasteiger partial charge in [-0.2, -0.15) is 0 Å². The summed E-state index contributed by atoms with van der Waals surface area (Å²) in [6.07, 6.45) is 0. The summed E-state index contributed by atoms with van der Waals surface area (Å²) >= 11 is 6.06. The first-order chi connectivity index (χ1) is 13.9. The molecule has 0 fully saturated rings. The summed E-state index contributed by atoms with van der Waals surface area (Å²) in [7, 11) is 0. The highest BCUT2D eigenvalue weighted by Gasteiger charge is 2.19. The van der Waals surface area contributed by atoms with Crippen molar-refractivity contribution in [1.82, 2.24) is 0 Å². The fraction of sp³-hybridized carbons (Fsp3) is 0.136. The van der Waals surface area contributed by atoms with Gasteiger partial charge in [-0.15, -0.1) is 0 Å². The van der Waals surface area contributed by atoms with Crippen LogP contribution in [0.4, 0.5) is 11.4 Å². The Balaban J connectivity index is 1.71. The molecule has 1 amide bonds. The number of nitro groups is 1. The van der Waals surface area contributed by atoms with Gasteiger partial charge in [0.25, 0.3) is 11.6 Å². The van der Waals surface area contributed by atoms with E-state index in [9.17, 15) is 14.9 Å². The van der Waals surface area contributed by atoms with E-state index in [2.05, 4.69) is 29.6 Å². The van der Waals surface area contributed by atoms with Gasteiger partial charge in [0.1, 0.15) is 6.04 Å². The minimum atomic E-state index is -0.530. The third-order valence-electron chi connectivity index (χ3n) is 4.57. The number of nitro benzene ring substituents is 1. The average Bonchev–Trinajstić information content (AvgIpc) is 2.71. The van der Waals surface area contributed by atoms with Crippen molar-refractivity contribution in [1.29, 1.82) is 0 Å². The largest absolute Gasteiger partial charge is 0.328 e. The normalized spacial score (nSPS) is 11.7. The van der Waals surface area contributed by atoms with E-state index < -0.39 is 4.92 Å². The van der Waals surface area contributed by atoms with Gasteiger partial charge >= 0.3 is 0 Å². The van der Waals surface area contributed by atoms with E-state index >= 15 is 0 Å². The fourth-order valence-corrected chi connectivity index (χ4v) is 3.27. The lowest BCUT2D eigenvalue weighted by molar-refractivity contribution is -0.676. The lowest BCUT2D eigenvalue weighted by Crippen LogP contribution is -2.87. The molecule has 0 aromatic heterocycles. The van der Waals surface area contributed by atoms with Crippen molar-refractivity contribution < 1.29 is 15.0 Å². The van der Waals surface area contributed by atoms with Gasteiger partial charge in [0, 0.05) is 23.3 Å². The Kier molecular flexibility index (Phi) is 6.59. The van der Waals surface area contributed by atoms with Crippen LogP contribution in [0.25, 0.3) is 0 Å². The number of hydrogen-bond acceptors (Lipinski definition) is 3. The second kappa shape index (κ2) is 9.32. The number of aryl methyl sites for hydroxylation is 1. The fourth-order valence-electron chi connectivity index (χ4n) is 3.04. The van der Waals surface area contributed by atoms with Gasteiger partial charge in [-0.1, -0.05) is 71.8 Å². The van der Waals surface area contributed by atoms with E-state index in [-0.39, 0.29) is 29.2 Å². The summed E-state index contributed by atoms with van der Waals surface area (Å²) < 4.78 is 0. The van der Waals surface area contributed by atoms with Crippen LogP contribution in [0.2, 0.25) is 5.02 Å². The average molecular weight is 411 g/mol. The second-order valence-electron chi connectivity index (χ2n) is 6.71. The number of nitrogens with one attached hydrogen (secondary N) is 1. The summed E-state index contributed by atoms with van der Waals surface area (Å²) in [5.74, 6) is -0.242. The molecule has 0 bridgehead atoms. The number of quaternary nitrogens is 1. The smallest absolute Gasteiger partial charge is 0.279 e. The predicted molar refractivity (Wildman–Crippen MR) is 113 cm³/mol. The number of nitrogens with zero attached hydrogens (tertiary/aromatic N) is 1. The molecule has 0 aliphatic rings. The number of nitrogens with two attached hydrogens (primary N) is 1. The minimum Gasteiger partial charge on any atom is -0.328 e. The number of carbonyl (C=O) groups is 1. The molecule has 0 saturated carbocycles. The zero-order chi connectivity index (χ0) is 20.8. The lowest BCUT2D eigenvalue weighted by Gasteiger charge is -2.17. The summed E-state index contributed by atoms with van der Waals surface area (Å²) in [4.78, 5) is 22.7. The molecule has 3 N–H and O–H groups in total. The van der Waals surface area contributed by atoms with Gasteiger partial charge in [-0.05, 0) is 13.0 Å². The summed E-state index contributed by atoms with van der Waals surface area (Å²) in [5.41, 5.74) is 3.59. The molecule has 0 heterocycles. The van der Waals surface area contributed by atoms with Crippen molar-refractivity contribution in [3.63, 3.8) is 0 Å². The maximum atomic E-state index is 12.5. The molecule has 3 rings (SSSR count). The standard InChI is InChI=1S/C22H20ClN3O3/c1-15-7-9-17(10-8-15)22(16-5-3-2-4-6-16)24-14-21(27)25-20-12-11-18(26(28)29)13-19(20)23/h2-13,22,24H,14H2,1H3,(H,25,27)/p+1/t22-/m0/s1. The van der Waals surface area contributed by atoms with Crippen LogP contribution < -0.4 is 10.6 Å². The number of halogens is 1. The third kappa shape index (κ3) is 5.40. The van der Waals surface area contributed by atoms with Crippen LogP contribution >= 0.6 is 11.6 Å². The molecule has 3 aromatic rings. The molecule has 7 heteroatoms. The van der Waals surface area contributed by atoms with Gasteiger partial charge in [-0.25, -0.2) is 0 Å². The highest BCUT2D eigenvalue weighted by atomic mass is 35.5. The predicted octanol–water partition coefficient (Wildman–Crippen LogP) is 3.85. The molecular weight excluding hydrogens is 390 g/mol. The Morgan fingerprint density at radius 1 is 1.07 bits per heavy atom. The lowest BCUT2D eigenvalue weighted by atomic mass is 9.98. The molecule has 29 heavy (non-hydrogen) atoms. The molecular formula is C22H21ClN3O3+. The van der Waals surface area contributed by atoms with Crippen molar-refractivity contribution in [2.45, 2.75) is 13.0 Å². The van der Waals surface area contributed by atoms with Crippen LogP contribution in [-0.4, -0.2) is 17.4 Å². The third-order valence-corrected chi connectivity index (χ3v) is 4.88. The van der Waals surface area contributed by atoms with Crippen molar-refractivity contribution in [2.75, 3.05) is 11.9 Å². The topological polar surface area (TPSA) is 88.8 Å².